The van der Waals surface area contributed by atoms with Crippen LogP contribution in [-0.2, 0) is 5.41 Å². The Labute approximate surface area is 128 Å². The molecule has 1 heterocycles. The molecule has 0 spiro atoms. The minimum absolute atomic E-state index is 0.0237. The van der Waals surface area contributed by atoms with Crippen molar-refractivity contribution in [3.05, 3.63) is 29.8 Å². The van der Waals surface area contributed by atoms with Crippen LogP contribution in [0.2, 0.25) is 0 Å². The van der Waals surface area contributed by atoms with Gasteiger partial charge in [0.1, 0.15) is 0 Å². The Morgan fingerprint density at radius 1 is 1.29 bits per heavy atom. The van der Waals surface area contributed by atoms with Gasteiger partial charge < -0.3 is 10.2 Å². The van der Waals surface area contributed by atoms with Crippen molar-refractivity contribution in [3.8, 4) is 0 Å². The predicted octanol–water partition coefficient (Wildman–Crippen LogP) is 4.78. The van der Waals surface area contributed by atoms with Crippen LogP contribution in [0.5, 0.6) is 0 Å². The lowest BCUT2D eigenvalue weighted by Gasteiger charge is -2.35. The molecular weight excluding hydrogens is 260 g/mol. The van der Waals surface area contributed by atoms with Gasteiger partial charge in [-0.25, -0.2) is 4.79 Å². The minimum atomic E-state index is 0.0237. The molecule has 1 atom stereocenters. The van der Waals surface area contributed by atoms with Gasteiger partial charge in [-0.15, -0.1) is 0 Å². The summed E-state index contributed by atoms with van der Waals surface area (Å²) in [6, 6.07) is 8.57. The molecule has 21 heavy (non-hydrogen) atoms. The second-order valence-electron chi connectivity index (χ2n) is 6.98. The first-order valence-corrected chi connectivity index (χ1v) is 8.10. The topological polar surface area (TPSA) is 32.3 Å². The third-order valence-electron chi connectivity index (χ3n) is 4.34. The molecule has 1 unspecified atom stereocenters. The van der Waals surface area contributed by atoms with Crippen LogP contribution < -0.4 is 5.32 Å². The van der Waals surface area contributed by atoms with Gasteiger partial charge in [0.2, 0.25) is 0 Å². The van der Waals surface area contributed by atoms with E-state index in [1.807, 2.05) is 23.1 Å². The van der Waals surface area contributed by atoms with Crippen LogP contribution in [0.1, 0.15) is 58.9 Å². The standard InChI is InChI=1S/C18H28N2O/c1-5-14-10-8-9-13-20(14)17(21)19-16-12-7-6-11-15(16)18(2,3)4/h6-7,11-12,14H,5,8-10,13H2,1-4H3,(H,19,21). The van der Waals surface area contributed by atoms with Crippen molar-refractivity contribution in [3.63, 3.8) is 0 Å². The van der Waals surface area contributed by atoms with Crippen molar-refractivity contribution in [2.24, 2.45) is 0 Å². The van der Waals surface area contributed by atoms with Crippen molar-refractivity contribution < 1.29 is 4.79 Å². The summed E-state index contributed by atoms with van der Waals surface area (Å²) in [6.07, 6.45) is 4.52. The number of carbonyl (C=O) groups excluding carboxylic acids is 1. The molecule has 0 bridgehead atoms. The fourth-order valence-electron chi connectivity index (χ4n) is 3.13. The molecule has 2 amide bonds. The zero-order chi connectivity index (χ0) is 15.5. The molecule has 1 N–H and O–H groups in total. The number of likely N-dealkylation sites (tertiary alicyclic amines) is 1. The predicted molar refractivity (Wildman–Crippen MR) is 88.8 cm³/mol. The van der Waals surface area contributed by atoms with E-state index in [4.69, 9.17) is 0 Å². The number of piperidine rings is 1. The van der Waals surface area contributed by atoms with Gasteiger partial charge in [-0.2, -0.15) is 0 Å². The summed E-state index contributed by atoms with van der Waals surface area (Å²) < 4.78 is 0. The number of nitrogens with zero attached hydrogens (tertiary/aromatic N) is 1. The Morgan fingerprint density at radius 3 is 2.67 bits per heavy atom. The molecule has 1 aromatic rings. The quantitative estimate of drug-likeness (QED) is 0.834. The monoisotopic (exact) mass is 288 g/mol. The third kappa shape index (κ3) is 3.78. The van der Waals surface area contributed by atoms with E-state index in [0.29, 0.717) is 6.04 Å². The fourth-order valence-corrected chi connectivity index (χ4v) is 3.13. The van der Waals surface area contributed by atoms with Crippen LogP contribution in [0.4, 0.5) is 10.5 Å². The van der Waals surface area contributed by atoms with Gasteiger partial charge in [-0.05, 0) is 42.7 Å². The molecule has 1 saturated heterocycles. The Bertz CT molecular complexity index is 490. The van der Waals surface area contributed by atoms with Crippen LogP contribution in [-0.4, -0.2) is 23.5 Å². The molecule has 1 aromatic carbocycles. The van der Waals surface area contributed by atoms with Crippen LogP contribution >= 0.6 is 0 Å². The summed E-state index contributed by atoms with van der Waals surface area (Å²) in [6.45, 7) is 9.57. The molecule has 1 fully saturated rings. The van der Waals surface area contributed by atoms with Crippen LogP contribution in [0.25, 0.3) is 0 Å². The molecule has 2 rings (SSSR count). The van der Waals surface area contributed by atoms with E-state index in [9.17, 15) is 4.79 Å². The number of benzene rings is 1. The maximum absolute atomic E-state index is 12.6. The number of hydrogen-bond donors (Lipinski definition) is 1. The van der Waals surface area contributed by atoms with Crippen LogP contribution in [0.15, 0.2) is 24.3 Å². The summed E-state index contributed by atoms with van der Waals surface area (Å²) in [5, 5.41) is 3.14. The van der Waals surface area contributed by atoms with Gasteiger partial charge in [-0.3, -0.25) is 0 Å². The average molecular weight is 288 g/mol. The summed E-state index contributed by atoms with van der Waals surface area (Å²) in [4.78, 5) is 14.6. The molecule has 0 saturated carbocycles. The Morgan fingerprint density at radius 2 is 2.00 bits per heavy atom. The lowest BCUT2D eigenvalue weighted by Crippen LogP contribution is -2.45. The summed E-state index contributed by atoms with van der Waals surface area (Å²) in [7, 11) is 0. The molecule has 0 aromatic heterocycles. The molecule has 1 aliphatic heterocycles. The Balaban J connectivity index is 2.16. The average Bonchev–Trinajstić information content (AvgIpc) is 2.46. The zero-order valence-electron chi connectivity index (χ0n) is 13.8. The van der Waals surface area contributed by atoms with Gasteiger partial charge >= 0.3 is 6.03 Å². The van der Waals surface area contributed by atoms with Crippen LogP contribution in [0.3, 0.4) is 0 Å². The molecule has 0 radical (unpaired) electrons. The van der Waals surface area contributed by atoms with E-state index in [1.165, 1.54) is 12.0 Å². The first kappa shape index (κ1) is 15.9. The number of anilines is 1. The molecule has 3 heteroatoms. The molecule has 1 aliphatic rings. The van der Waals surface area contributed by atoms with Crippen molar-refractivity contribution in [1.82, 2.24) is 4.90 Å². The fraction of sp³-hybridized carbons (Fsp3) is 0.611. The number of amides is 2. The first-order valence-electron chi connectivity index (χ1n) is 8.10. The minimum Gasteiger partial charge on any atom is -0.322 e. The summed E-state index contributed by atoms with van der Waals surface area (Å²) >= 11 is 0. The van der Waals surface area contributed by atoms with Gasteiger partial charge in [0.05, 0.1) is 0 Å². The number of urea groups is 1. The number of hydrogen-bond acceptors (Lipinski definition) is 1. The summed E-state index contributed by atoms with van der Waals surface area (Å²) in [5.41, 5.74) is 2.15. The van der Waals surface area contributed by atoms with Crippen molar-refractivity contribution >= 4 is 11.7 Å². The SMILES string of the molecule is CCC1CCCCN1C(=O)Nc1ccccc1C(C)(C)C. The van der Waals surface area contributed by atoms with E-state index in [2.05, 4.69) is 39.1 Å². The van der Waals surface area contributed by atoms with Crippen LogP contribution in [0, 0.1) is 0 Å². The summed E-state index contributed by atoms with van der Waals surface area (Å²) in [5.74, 6) is 0. The zero-order valence-corrected chi connectivity index (χ0v) is 13.8. The van der Waals surface area contributed by atoms with E-state index in [-0.39, 0.29) is 11.4 Å². The highest BCUT2D eigenvalue weighted by molar-refractivity contribution is 5.90. The van der Waals surface area contributed by atoms with Gasteiger partial charge in [0, 0.05) is 18.3 Å². The third-order valence-corrected chi connectivity index (χ3v) is 4.34. The lowest BCUT2D eigenvalue weighted by atomic mass is 9.86. The molecule has 116 valence electrons. The largest absolute Gasteiger partial charge is 0.322 e. The second kappa shape index (κ2) is 6.50. The van der Waals surface area contributed by atoms with E-state index in [1.54, 1.807) is 0 Å². The van der Waals surface area contributed by atoms with Crippen molar-refractivity contribution in [2.75, 3.05) is 11.9 Å². The molecule has 3 nitrogen and oxygen atoms in total. The highest BCUT2D eigenvalue weighted by Gasteiger charge is 2.26. The van der Waals surface area contributed by atoms with E-state index in [0.717, 1.165) is 31.5 Å². The highest BCUT2D eigenvalue weighted by atomic mass is 16.2. The van der Waals surface area contributed by atoms with Gasteiger partial charge in [-0.1, -0.05) is 45.9 Å². The number of para-hydroxylation sites is 1. The maximum atomic E-state index is 12.6. The Hall–Kier alpha value is -1.51. The maximum Gasteiger partial charge on any atom is 0.322 e. The highest BCUT2D eigenvalue weighted by Crippen LogP contribution is 2.30. The first-order chi connectivity index (χ1) is 9.93. The second-order valence-corrected chi connectivity index (χ2v) is 6.98. The normalized spacial score (nSPS) is 19.4. The Kier molecular flexibility index (Phi) is 4.92. The van der Waals surface area contributed by atoms with Gasteiger partial charge in [0.25, 0.3) is 0 Å². The van der Waals surface area contributed by atoms with Crippen molar-refractivity contribution in [1.29, 1.82) is 0 Å². The van der Waals surface area contributed by atoms with Crippen molar-refractivity contribution in [2.45, 2.75) is 64.8 Å². The lowest BCUT2D eigenvalue weighted by molar-refractivity contribution is 0.160. The van der Waals surface area contributed by atoms with Gasteiger partial charge in [0.15, 0.2) is 0 Å². The number of nitrogens with one attached hydrogen (secondary N) is 1. The number of carbonyl (C=O) groups is 1. The van der Waals surface area contributed by atoms with E-state index < -0.39 is 0 Å². The molecule has 0 aliphatic carbocycles. The number of rotatable bonds is 2. The van der Waals surface area contributed by atoms with E-state index >= 15 is 0 Å². The smallest absolute Gasteiger partial charge is 0.322 e. The molecular formula is C18H28N2O.